The predicted molar refractivity (Wildman–Crippen MR) is 135 cm³/mol. The van der Waals surface area contributed by atoms with Gasteiger partial charge in [0.05, 0.1) is 27.3 Å². The molecule has 0 aliphatic carbocycles. The van der Waals surface area contributed by atoms with E-state index in [1.54, 1.807) is 0 Å². The summed E-state index contributed by atoms with van der Waals surface area (Å²) in [6.07, 6.45) is 2.43. The number of benzene rings is 2. The summed E-state index contributed by atoms with van der Waals surface area (Å²) >= 11 is 1.41. The van der Waals surface area contributed by atoms with E-state index < -0.39 is 0 Å². The van der Waals surface area contributed by atoms with Gasteiger partial charge in [-0.3, -0.25) is 4.79 Å². The average molecular weight is 469 g/mol. The fourth-order valence-corrected chi connectivity index (χ4v) is 6.00. The van der Waals surface area contributed by atoms with Crippen LogP contribution in [0.15, 0.2) is 54.6 Å². The van der Waals surface area contributed by atoms with Crippen LogP contribution in [-0.2, 0) is 6.42 Å². The van der Waals surface area contributed by atoms with Crippen LogP contribution in [0.1, 0.15) is 51.3 Å². The molecule has 1 aliphatic rings. The molecule has 1 aliphatic heterocycles. The van der Waals surface area contributed by atoms with Gasteiger partial charge in [0.1, 0.15) is 22.3 Å². The van der Waals surface area contributed by atoms with Gasteiger partial charge in [-0.25, -0.2) is 15.0 Å². The number of nitrogens with two attached hydrogens (primary N) is 1. The van der Waals surface area contributed by atoms with Gasteiger partial charge in [-0.05, 0) is 43.0 Å². The Morgan fingerprint density at radius 3 is 2.74 bits per heavy atom. The van der Waals surface area contributed by atoms with Gasteiger partial charge in [-0.1, -0.05) is 42.5 Å². The summed E-state index contributed by atoms with van der Waals surface area (Å²) in [5, 5.41) is 0.782. The van der Waals surface area contributed by atoms with Gasteiger partial charge in [0, 0.05) is 13.0 Å². The molecule has 1 unspecified atom stereocenters. The molecule has 7 nitrogen and oxygen atoms in total. The van der Waals surface area contributed by atoms with Gasteiger partial charge < -0.3 is 15.6 Å². The molecule has 6 rings (SSSR count). The number of aryl methyl sites for hydroxylation is 1. The molecule has 170 valence electrons. The number of nitrogens with zero attached hydrogens (tertiary/aromatic N) is 4. The summed E-state index contributed by atoms with van der Waals surface area (Å²) in [4.78, 5) is 34.6. The van der Waals surface area contributed by atoms with Crippen LogP contribution >= 0.6 is 11.3 Å². The number of hydrogen-bond donors (Lipinski definition) is 2. The second kappa shape index (κ2) is 8.22. The molecule has 0 bridgehead atoms. The first-order valence-electron chi connectivity index (χ1n) is 11.4. The molecule has 3 aromatic heterocycles. The second-order valence-corrected chi connectivity index (χ2v) is 9.72. The van der Waals surface area contributed by atoms with Crippen molar-refractivity contribution < 1.29 is 4.79 Å². The first-order chi connectivity index (χ1) is 16.6. The van der Waals surface area contributed by atoms with Crippen LogP contribution in [0.3, 0.4) is 0 Å². The zero-order chi connectivity index (χ0) is 23.2. The number of hydrogen-bond acceptors (Lipinski definition) is 6. The molecule has 1 fully saturated rings. The smallest absolute Gasteiger partial charge is 0.264 e. The van der Waals surface area contributed by atoms with Gasteiger partial charge in [0.25, 0.3) is 5.91 Å². The van der Waals surface area contributed by atoms with Crippen LogP contribution in [0.4, 0.5) is 5.82 Å². The number of para-hydroxylation sites is 2. The van der Waals surface area contributed by atoms with E-state index in [9.17, 15) is 4.79 Å². The molecule has 3 N–H and O–H groups in total. The molecule has 1 amide bonds. The molecule has 0 spiro atoms. The standard InChI is InChI=1S/C26H24N6OS/c1-15-21-23(27)30-20(14-16-8-3-2-4-9-16)31-25(21)34-22(15)26(33)32-13-7-12-19(32)24-28-17-10-5-6-11-18(17)29-24/h2-6,8-11,19H,7,12-14H2,1H3,(H,28,29)(H2,27,30,31). The summed E-state index contributed by atoms with van der Waals surface area (Å²) in [5.74, 6) is 1.94. The van der Waals surface area contributed by atoms with Gasteiger partial charge in [0.2, 0.25) is 0 Å². The van der Waals surface area contributed by atoms with Crippen molar-refractivity contribution in [3.8, 4) is 0 Å². The van der Waals surface area contributed by atoms with Gasteiger partial charge >= 0.3 is 0 Å². The van der Waals surface area contributed by atoms with Gasteiger partial charge in [0.15, 0.2) is 0 Å². The summed E-state index contributed by atoms with van der Waals surface area (Å²) in [6.45, 7) is 2.64. The Balaban J connectivity index is 1.34. The van der Waals surface area contributed by atoms with Crippen molar-refractivity contribution in [1.82, 2.24) is 24.8 Å². The van der Waals surface area contributed by atoms with E-state index >= 15 is 0 Å². The molecule has 8 heteroatoms. The van der Waals surface area contributed by atoms with Crippen molar-refractivity contribution in [1.29, 1.82) is 0 Å². The Hall–Kier alpha value is -3.78. The van der Waals surface area contributed by atoms with Crippen LogP contribution in [0.2, 0.25) is 0 Å². The highest BCUT2D eigenvalue weighted by molar-refractivity contribution is 7.20. The number of nitrogen functional groups attached to an aromatic ring is 1. The normalized spacial score (nSPS) is 16.0. The van der Waals surface area contributed by atoms with Crippen molar-refractivity contribution in [2.24, 2.45) is 0 Å². The Morgan fingerprint density at radius 1 is 1.12 bits per heavy atom. The second-order valence-electron chi connectivity index (χ2n) is 8.72. The maximum Gasteiger partial charge on any atom is 0.264 e. The summed E-state index contributed by atoms with van der Waals surface area (Å²) in [6, 6.07) is 18.0. The van der Waals surface area contributed by atoms with Crippen molar-refractivity contribution in [2.75, 3.05) is 12.3 Å². The highest BCUT2D eigenvalue weighted by Crippen LogP contribution is 2.38. The number of anilines is 1. The number of carbonyl (C=O) groups is 1. The number of aromatic nitrogens is 4. The number of nitrogens with one attached hydrogen (secondary N) is 1. The maximum atomic E-state index is 13.7. The lowest BCUT2D eigenvalue weighted by Gasteiger charge is -2.23. The minimum absolute atomic E-state index is 0.00691. The number of imidazole rings is 1. The number of carbonyl (C=O) groups excluding carboxylic acids is 1. The first kappa shape index (κ1) is 20.8. The number of H-pyrrole nitrogens is 1. The number of rotatable bonds is 4. The molecule has 1 saturated heterocycles. The summed E-state index contributed by atoms with van der Waals surface area (Å²) in [7, 11) is 0. The number of likely N-dealkylation sites (tertiary alicyclic amines) is 1. The third-order valence-electron chi connectivity index (χ3n) is 6.50. The van der Waals surface area contributed by atoms with E-state index in [4.69, 9.17) is 15.7 Å². The number of aromatic amines is 1. The van der Waals surface area contributed by atoms with Crippen LogP contribution < -0.4 is 5.73 Å². The largest absolute Gasteiger partial charge is 0.383 e. The molecule has 4 heterocycles. The number of thiophene rings is 1. The lowest BCUT2D eigenvalue weighted by Crippen LogP contribution is -2.31. The number of fused-ring (bicyclic) bond motifs is 2. The van der Waals surface area contributed by atoms with Crippen molar-refractivity contribution in [3.63, 3.8) is 0 Å². The number of amides is 1. The van der Waals surface area contributed by atoms with Crippen molar-refractivity contribution in [3.05, 3.63) is 82.3 Å². The van der Waals surface area contributed by atoms with Crippen LogP contribution in [0, 0.1) is 6.92 Å². The molecule has 2 aromatic carbocycles. The van der Waals surface area contributed by atoms with E-state index in [1.165, 1.54) is 11.3 Å². The van der Waals surface area contributed by atoms with E-state index in [-0.39, 0.29) is 11.9 Å². The molecular formula is C26H24N6OS. The molecule has 1 atom stereocenters. The minimum atomic E-state index is -0.0680. The van der Waals surface area contributed by atoms with Crippen LogP contribution in [0.25, 0.3) is 21.3 Å². The van der Waals surface area contributed by atoms with Crippen LogP contribution in [0.5, 0.6) is 0 Å². The lowest BCUT2D eigenvalue weighted by molar-refractivity contribution is 0.0735. The SMILES string of the molecule is Cc1c(C(=O)N2CCCC2c2nc3ccccc3[nH]2)sc2nc(Cc3ccccc3)nc(N)c12. The summed E-state index contributed by atoms with van der Waals surface area (Å²) < 4.78 is 0. The van der Waals surface area contributed by atoms with Crippen molar-refractivity contribution >= 4 is 44.3 Å². The van der Waals surface area contributed by atoms with E-state index in [0.717, 1.165) is 51.0 Å². The van der Waals surface area contributed by atoms with Crippen LogP contribution in [-0.4, -0.2) is 37.3 Å². The van der Waals surface area contributed by atoms with Crippen molar-refractivity contribution in [2.45, 2.75) is 32.2 Å². The highest BCUT2D eigenvalue weighted by Gasteiger charge is 2.34. The van der Waals surface area contributed by atoms with Gasteiger partial charge in [-0.15, -0.1) is 11.3 Å². The molecule has 5 aromatic rings. The minimum Gasteiger partial charge on any atom is -0.383 e. The Bertz CT molecular complexity index is 1490. The topological polar surface area (TPSA) is 101 Å². The highest BCUT2D eigenvalue weighted by atomic mass is 32.1. The van der Waals surface area contributed by atoms with E-state index in [0.29, 0.717) is 29.5 Å². The first-order valence-corrected chi connectivity index (χ1v) is 12.2. The zero-order valence-corrected chi connectivity index (χ0v) is 19.6. The van der Waals surface area contributed by atoms with E-state index in [1.807, 2.05) is 66.4 Å². The quantitative estimate of drug-likeness (QED) is 0.385. The Labute approximate surface area is 200 Å². The third kappa shape index (κ3) is 3.51. The molecule has 34 heavy (non-hydrogen) atoms. The predicted octanol–water partition coefficient (Wildman–Crippen LogP) is 5.03. The summed E-state index contributed by atoms with van der Waals surface area (Å²) in [5.41, 5.74) is 10.2. The molecule has 0 saturated carbocycles. The van der Waals surface area contributed by atoms with E-state index in [2.05, 4.69) is 9.97 Å². The maximum absolute atomic E-state index is 13.7. The fourth-order valence-electron chi connectivity index (χ4n) is 4.83. The lowest BCUT2D eigenvalue weighted by atomic mass is 10.1. The Kier molecular flexibility index (Phi) is 5.03. The molecular weight excluding hydrogens is 444 g/mol. The zero-order valence-electron chi connectivity index (χ0n) is 18.8. The molecule has 0 radical (unpaired) electrons. The fraction of sp³-hybridized carbons (Fsp3) is 0.231. The van der Waals surface area contributed by atoms with Gasteiger partial charge in [-0.2, -0.15) is 0 Å². The average Bonchev–Trinajstić information content (AvgIpc) is 3.56. The monoisotopic (exact) mass is 468 g/mol. The Morgan fingerprint density at radius 2 is 1.91 bits per heavy atom. The third-order valence-corrected chi connectivity index (χ3v) is 7.67.